The molecule has 0 aromatic heterocycles. The number of hydrogen-bond acceptors (Lipinski definition) is 4. The van der Waals surface area contributed by atoms with Crippen molar-refractivity contribution in [2.24, 2.45) is 17.2 Å². The molecule has 0 aliphatic heterocycles. The molecule has 0 saturated carbocycles. The summed E-state index contributed by atoms with van der Waals surface area (Å²) in [6.45, 7) is 2.83. The Labute approximate surface area is 259 Å². The van der Waals surface area contributed by atoms with Crippen LogP contribution in [0.1, 0.15) is 212 Å². The molecule has 0 aromatic rings. The first-order valence-corrected chi connectivity index (χ1v) is 19.2. The lowest BCUT2D eigenvalue weighted by molar-refractivity contribution is 0.449. The number of nitrogens with one attached hydrogen (secondary N) is 1. The van der Waals surface area contributed by atoms with Crippen molar-refractivity contribution >= 4 is 0 Å². The maximum Gasteiger partial charge on any atom is 0.0546 e. The topological polar surface area (TPSA) is 90.1 Å². The van der Waals surface area contributed by atoms with E-state index in [9.17, 15) is 0 Å². The van der Waals surface area contributed by atoms with Crippen LogP contribution in [0.4, 0.5) is 0 Å². The fraction of sp³-hybridized carbons (Fsp3) is 1.00. The average Bonchev–Trinajstić information content (AvgIpc) is 2.98. The van der Waals surface area contributed by atoms with Gasteiger partial charge in [-0.1, -0.05) is 186 Å². The van der Waals surface area contributed by atoms with E-state index >= 15 is 0 Å². The van der Waals surface area contributed by atoms with Crippen molar-refractivity contribution in [1.82, 2.24) is 5.32 Å². The van der Waals surface area contributed by atoms with Crippen LogP contribution in [0.5, 0.6) is 0 Å². The molecule has 0 radical (unpaired) electrons. The second-order valence-electron chi connectivity index (χ2n) is 13.2. The van der Waals surface area contributed by atoms with Crippen LogP contribution in [-0.2, 0) is 0 Å². The number of unbranched alkanes of at least 4 members (excludes halogenated alkanes) is 30. The van der Waals surface area contributed by atoms with E-state index in [0.717, 1.165) is 26.1 Å². The van der Waals surface area contributed by atoms with Crippen LogP contribution in [-0.4, -0.2) is 25.8 Å². The monoisotopic (exact) mass is 581 g/mol. The van der Waals surface area contributed by atoms with E-state index in [1.807, 2.05) is 0 Å². The Kier molecular flexibility index (Phi) is 37.7. The predicted molar refractivity (Wildman–Crippen MR) is 186 cm³/mol. The second kappa shape index (κ2) is 37.9. The van der Waals surface area contributed by atoms with Gasteiger partial charge in [-0.05, 0) is 45.3 Å². The van der Waals surface area contributed by atoms with Crippen LogP contribution >= 0.6 is 0 Å². The molecule has 1 unspecified atom stereocenters. The molecule has 0 bridgehead atoms. The third-order valence-electron chi connectivity index (χ3n) is 9.01. The van der Waals surface area contributed by atoms with Crippen molar-refractivity contribution in [2.75, 3.05) is 19.6 Å². The molecule has 1 atom stereocenters. The van der Waals surface area contributed by atoms with Gasteiger partial charge >= 0.3 is 0 Å². The van der Waals surface area contributed by atoms with Crippen LogP contribution < -0.4 is 22.5 Å². The summed E-state index contributed by atoms with van der Waals surface area (Å²) in [5, 5.41) is 3.56. The molecule has 4 heteroatoms. The van der Waals surface area contributed by atoms with Gasteiger partial charge in [0.05, 0.1) is 6.17 Å². The Bertz CT molecular complexity index is 445. The predicted octanol–water partition coefficient (Wildman–Crippen LogP) is 10.7. The number of rotatable bonds is 37. The average molecular weight is 581 g/mol. The SMILES string of the molecule is NCCCCCCCCCCCCCCCCCCCNC(N)CCCCCCCCCCCCCCCCCN. The Morgan fingerprint density at radius 1 is 0.293 bits per heavy atom. The van der Waals surface area contributed by atoms with Gasteiger partial charge in [0.15, 0.2) is 0 Å². The summed E-state index contributed by atoms with van der Waals surface area (Å²) in [7, 11) is 0. The fourth-order valence-electron chi connectivity index (χ4n) is 6.12. The van der Waals surface area contributed by atoms with Gasteiger partial charge in [0.25, 0.3) is 0 Å². The van der Waals surface area contributed by atoms with Crippen LogP contribution in [0.2, 0.25) is 0 Å². The van der Waals surface area contributed by atoms with Crippen molar-refractivity contribution in [2.45, 2.75) is 218 Å². The third kappa shape index (κ3) is 37.8. The number of hydrogen-bond donors (Lipinski definition) is 4. The van der Waals surface area contributed by atoms with Crippen molar-refractivity contribution in [1.29, 1.82) is 0 Å². The first-order chi connectivity index (χ1) is 20.3. The molecule has 0 fully saturated rings. The maximum absolute atomic E-state index is 6.29. The molecule has 0 rings (SSSR count). The minimum atomic E-state index is 0.206. The lowest BCUT2D eigenvalue weighted by Crippen LogP contribution is -2.37. The minimum absolute atomic E-state index is 0.206. The van der Waals surface area contributed by atoms with Crippen LogP contribution in [0.3, 0.4) is 0 Å². The van der Waals surface area contributed by atoms with Gasteiger partial charge in [0, 0.05) is 0 Å². The first kappa shape index (κ1) is 40.8. The highest BCUT2D eigenvalue weighted by molar-refractivity contribution is 4.60. The fourth-order valence-corrected chi connectivity index (χ4v) is 6.12. The van der Waals surface area contributed by atoms with E-state index in [4.69, 9.17) is 17.2 Å². The summed E-state index contributed by atoms with van der Waals surface area (Å²) < 4.78 is 0. The van der Waals surface area contributed by atoms with E-state index < -0.39 is 0 Å². The van der Waals surface area contributed by atoms with Crippen LogP contribution in [0.15, 0.2) is 0 Å². The normalized spacial score (nSPS) is 12.4. The standard InChI is InChI=1S/C37H80N4/c38-34-30-26-22-18-14-10-6-2-1-3-8-12-16-20-24-28-32-36-41-37(40)33-29-25-21-17-13-9-5-4-7-11-15-19-23-27-31-35-39/h37,41H,1-36,38-40H2. The molecule has 0 aromatic carbocycles. The Morgan fingerprint density at radius 3 is 0.780 bits per heavy atom. The molecule has 4 nitrogen and oxygen atoms in total. The minimum Gasteiger partial charge on any atom is -0.330 e. The van der Waals surface area contributed by atoms with Crippen molar-refractivity contribution in [3.63, 3.8) is 0 Å². The van der Waals surface area contributed by atoms with Gasteiger partial charge in [0.1, 0.15) is 0 Å². The van der Waals surface area contributed by atoms with E-state index in [1.165, 1.54) is 205 Å². The van der Waals surface area contributed by atoms with Gasteiger partial charge in [-0.2, -0.15) is 0 Å². The lowest BCUT2D eigenvalue weighted by atomic mass is 10.0. The van der Waals surface area contributed by atoms with Gasteiger partial charge < -0.3 is 22.5 Å². The molecule has 0 aliphatic rings. The zero-order chi connectivity index (χ0) is 29.7. The van der Waals surface area contributed by atoms with Crippen molar-refractivity contribution < 1.29 is 0 Å². The third-order valence-corrected chi connectivity index (χ3v) is 9.01. The highest BCUT2D eigenvalue weighted by Crippen LogP contribution is 2.15. The lowest BCUT2D eigenvalue weighted by Gasteiger charge is -2.13. The molecule has 0 heterocycles. The van der Waals surface area contributed by atoms with Crippen molar-refractivity contribution in [3.05, 3.63) is 0 Å². The van der Waals surface area contributed by atoms with Crippen molar-refractivity contribution in [3.8, 4) is 0 Å². The zero-order valence-corrected chi connectivity index (χ0v) is 28.3. The highest BCUT2D eigenvalue weighted by atomic mass is 15.0. The van der Waals surface area contributed by atoms with Crippen LogP contribution in [0.25, 0.3) is 0 Å². The van der Waals surface area contributed by atoms with Crippen LogP contribution in [0, 0.1) is 0 Å². The summed E-state index contributed by atoms with van der Waals surface area (Å²) in [6.07, 6.45) is 46.1. The molecule has 248 valence electrons. The summed E-state index contributed by atoms with van der Waals surface area (Å²) in [4.78, 5) is 0. The van der Waals surface area contributed by atoms with Gasteiger partial charge in [-0.15, -0.1) is 0 Å². The molecule has 0 spiro atoms. The summed E-state index contributed by atoms with van der Waals surface area (Å²) in [5.41, 5.74) is 17.4. The Balaban J connectivity index is 3.13. The summed E-state index contributed by atoms with van der Waals surface area (Å²) >= 11 is 0. The van der Waals surface area contributed by atoms with E-state index in [-0.39, 0.29) is 6.17 Å². The van der Waals surface area contributed by atoms with Gasteiger partial charge in [0.2, 0.25) is 0 Å². The van der Waals surface area contributed by atoms with Gasteiger partial charge in [-0.3, -0.25) is 0 Å². The molecule has 7 N–H and O–H groups in total. The van der Waals surface area contributed by atoms with E-state index in [2.05, 4.69) is 5.32 Å². The summed E-state index contributed by atoms with van der Waals surface area (Å²) in [6, 6.07) is 0. The molecule has 41 heavy (non-hydrogen) atoms. The smallest absolute Gasteiger partial charge is 0.0546 e. The molecular formula is C37H80N4. The highest BCUT2D eigenvalue weighted by Gasteiger charge is 2.02. The maximum atomic E-state index is 6.29. The molecule has 0 saturated heterocycles. The largest absolute Gasteiger partial charge is 0.330 e. The van der Waals surface area contributed by atoms with E-state index in [1.54, 1.807) is 0 Å². The second-order valence-corrected chi connectivity index (χ2v) is 13.2. The molecule has 0 amide bonds. The van der Waals surface area contributed by atoms with Gasteiger partial charge in [-0.25, -0.2) is 0 Å². The quantitative estimate of drug-likeness (QED) is 0.0434. The first-order valence-electron chi connectivity index (χ1n) is 19.2. The zero-order valence-electron chi connectivity index (χ0n) is 28.3. The summed E-state index contributed by atoms with van der Waals surface area (Å²) in [5.74, 6) is 0. The van der Waals surface area contributed by atoms with E-state index in [0.29, 0.717) is 0 Å². The molecular weight excluding hydrogens is 500 g/mol. The Hall–Kier alpha value is -0.160. The molecule has 0 aliphatic carbocycles. The number of nitrogens with two attached hydrogens (primary N) is 3. The Morgan fingerprint density at radius 2 is 0.512 bits per heavy atom.